The minimum absolute atomic E-state index is 0.0604. The van der Waals surface area contributed by atoms with E-state index in [0.717, 1.165) is 12.8 Å². The van der Waals surface area contributed by atoms with E-state index < -0.39 is 18.0 Å². The molecule has 6 nitrogen and oxygen atoms in total. The molecule has 0 spiro atoms. The van der Waals surface area contributed by atoms with Crippen molar-refractivity contribution in [3.8, 4) is 0 Å². The minimum Gasteiger partial charge on any atom is -0.452 e. The third kappa shape index (κ3) is 4.84. The van der Waals surface area contributed by atoms with Crippen LogP contribution in [0.4, 0.5) is 4.79 Å². The van der Waals surface area contributed by atoms with E-state index in [4.69, 9.17) is 4.74 Å². The zero-order valence-corrected chi connectivity index (χ0v) is 10.3. The summed E-state index contributed by atoms with van der Waals surface area (Å²) in [6.45, 7) is 5.00. The van der Waals surface area contributed by atoms with Gasteiger partial charge in [0.1, 0.15) is 0 Å². The van der Waals surface area contributed by atoms with Crippen molar-refractivity contribution in [3.63, 3.8) is 0 Å². The van der Waals surface area contributed by atoms with Crippen LogP contribution in [0.25, 0.3) is 0 Å². The van der Waals surface area contributed by atoms with Crippen LogP contribution in [0.2, 0.25) is 0 Å². The molecule has 0 radical (unpaired) electrons. The van der Waals surface area contributed by atoms with Crippen LogP contribution in [0.1, 0.15) is 33.6 Å². The molecule has 1 fully saturated rings. The van der Waals surface area contributed by atoms with Gasteiger partial charge in [-0.2, -0.15) is 0 Å². The van der Waals surface area contributed by atoms with Crippen LogP contribution in [0.15, 0.2) is 0 Å². The van der Waals surface area contributed by atoms with Crippen LogP contribution in [0.5, 0.6) is 0 Å². The van der Waals surface area contributed by atoms with Crippen molar-refractivity contribution >= 4 is 17.9 Å². The van der Waals surface area contributed by atoms with Gasteiger partial charge in [-0.3, -0.25) is 14.9 Å². The molecule has 3 amide bonds. The molecule has 96 valence electrons. The largest absolute Gasteiger partial charge is 0.452 e. The second-order valence-electron chi connectivity index (χ2n) is 4.47. The van der Waals surface area contributed by atoms with Crippen LogP contribution >= 0.6 is 0 Å². The second kappa shape index (κ2) is 5.65. The predicted molar refractivity (Wildman–Crippen MR) is 60.1 cm³/mol. The number of esters is 1. The van der Waals surface area contributed by atoms with Gasteiger partial charge in [0.25, 0.3) is 5.91 Å². The van der Waals surface area contributed by atoms with Gasteiger partial charge in [-0.1, -0.05) is 0 Å². The maximum atomic E-state index is 11.5. The second-order valence-corrected chi connectivity index (χ2v) is 4.47. The molecule has 0 heterocycles. The molecule has 0 saturated heterocycles. The molecule has 0 aromatic heterocycles. The highest BCUT2D eigenvalue weighted by atomic mass is 16.5. The summed E-state index contributed by atoms with van der Waals surface area (Å²) in [6, 6.07) is -0.647. The summed E-state index contributed by atoms with van der Waals surface area (Å²) < 4.78 is 4.91. The van der Waals surface area contributed by atoms with E-state index in [-0.39, 0.29) is 17.9 Å². The highest BCUT2D eigenvalue weighted by molar-refractivity contribution is 5.97. The van der Waals surface area contributed by atoms with Crippen molar-refractivity contribution in [1.29, 1.82) is 0 Å². The van der Waals surface area contributed by atoms with E-state index in [1.54, 1.807) is 13.8 Å². The molecule has 1 aliphatic rings. The van der Waals surface area contributed by atoms with Crippen molar-refractivity contribution in [2.75, 3.05) is 0 Å². The molecule has 1 rings (SSSR count). The van der Waals surface area contributed by atoms with E-state index in [1.807, 2.05) is 0 Å². The van der Waals surface area contributed by atoms with Crippen molar-refractivity contribution in [2.24, 2.45) is 5.92 Å². The molecule has 0 bridgehead atoms. The van der Waals surface area contributed by atoms with E-state index in [2.05, 4.69) is 10.6 Å². The lowest BCUT2D eigenvalue weighted by Gasteiger charge is -2.14. The molecule has 0 unspecified atom stereocenters. The third-order valence-corrected chi connectivity index (χ3v) is 2.23. The Bertz CT molecular complexity index is 323. The van der Waals surface area contributed by atoms with Crippen molar-refractivity contribution in [1.82, 2.24) is 10.6 Å². The number of rotatable bonds is 4. The average Bonchev–Trinajstić information content (AvgIpc) is 2.98. The standard InChI is InChI=1S/C11H18N2O4/c1-6(2)12-11(16)13-9(14)7(3)17-10(15)8-4-5-8/h6-8H,4-5H2,1-3H3,(H2,12,13,14,16)/t7-/m1/s1. The number of hydrogen-bond donors (Lipinski definition) is 2. The molecule has 0 aromatic carbocycles. The Labute approximate surface area is 100 Å². The Morgan fingerprint density at radius 2 is 1.76 bits per heavy atom. The monoisotopic (exact) mass is 242 g/mol. The zero-order valence-electron chi connectivity index (χ0n) is 10.3. The van der Waals surface area contributed by atoms with Crippen molar-refractivity contribution in [3.05, 3.63) is 0 Å². The summed E-state index contributed by atoms with van der Waals surface area (Å²) in [7, 11) is 0. The van der Waals surface area contributed by atoms with Gasteiger partial charge in [-0.15, -0.1) is 0 Å². The molecule has 1 saturated carbocycles. The SMILES string of the molecule is CC(C)NC(=O)NC(=O)[C@@H](C)OC(=O)C1CC1. The molecule has 2 N–H and O–H groups in total. The molecular weight excluding hydrogens is 224 g/mol. The molecule has 1 atom stereocenters. The van der Waals surface area contributed by atoms with Gasteiger partial charge in [0.15, 0.2) is 6.10 Å². The normalized spacial score (nSPS) is 16.2. The fourth-order valence-corrected chi connectivity index (χ4v) is 1.15. The lowest BCUT2D eigenvalue weighted by atomic mass is 10.3. The van der Waals surface area contributed by atoms with E-state index >= 15 is 0 Å². The Hall–Kier alpha value is -1.59. The summed E-state index contributed by atoms with van der Waals surface area (Å²) in [6.07, 6.45) is 0.697. The van der Waals surface area contributed by atoms with Gasteiger partial charge in [0, 0.05) is 6.04 Å². The summed E-state index contributed by atoms with van der Waals surface area (Å²) in [5.74, 6) is -1.04. The maximum absolute atomic E-state index is 11.5. The van der Waals surface area contributed by atoms with Crippen LogP contribution in [0.3, 0.4) is 0 Å². The summed E-state index contributed by atoms with van der Waals surface area (Å²) in [5.41, 5.74) is 0. The first kappa shape index (κ1) is 13.5. The molecule has 0 aromatic rings. The molecule has 0 aliphatic heterocycles. The lowest BCUT2D eigenvalue weighted by Crippen LogP contribution is -2.46. The highest BCUT2D eigenvalue weighted by Crippen LogP contribution is 2.30. The Morgan fingerprint density at radius 1 is 1.18 bits per heavy atom. The minimum atomic E-state index is -0.944. The first-order chi connectivity index (χ1) is 7.90. The smallest absolute Gasteiger partial charge is 0.321 e. The summed E-state index contributed by atoms with van der Waals surface area (Å²) in [4.78, 5) is 34.0. The van der Waals surface area contributed by atoms with Gasteiger partial charge < -0.3 is 10.1 Å². The van der Waals surface area contributed by atoms with Gasteiger partial charge in [0.2, 0.25) is 0 Å². The van der Waals surface area contributed by atoms with Gasteiger partial charge in [-0.05, 0) is 33.6 Å². The first-order valence-corrected chi connectivity index (χ1v) is 5.72. The molecule has 17 heavy (non-hydrogen) atoms. The molecule has 1 aliphatic carbocycles. The average molecular weight is 242 g/mol. The third-order valence-electron chi connectivity index (χ3n) is 2.23. The number of carbonyl (C=O) groups is 3. The Morgan fingerprint density at radius 3 is 2.24 bits per heavy atom. The van der Waals surface area contributed by atoms with Crippen LogP contribution in [0, 0.1) is 5.92 Å². The predicted octanol–water partition coefficient (Wildman–Crippen LogP) is 0.562. The van der Waals surface area contributed by atoms with Crippen LogP contribution < -0.4 is 10.6 Å². The summed E-state index contributed by atoms with van der Waals surface area (Å²) >= 11 is 0. The highest BCUT2D eigenvalue weighted by Gasteiger charge is 2.33. The number of urea groups is 1. The van der Waals surface area contributed by atoms with Gasteiger partial charge in [0.05, 0.1) is 5.92 Å². The lowest BCUT2D eigenvalue weighted by molar-refractivity contribution is -0.155. The van der Waals surface area contributed by atoms with E-state index in [0.29, 0.717) is 0 Å². The van der Waals surface area contributed by atoms with Crippen molar-refractivity contribution < 1.29 is 19.1 Å². The van der Waals surface area contributed by atoms with Crippen LogP contribution in [-0.4, -0.2) is 30.1 Å². The number of nitrogens with one attached hydrogen (secondary N) is 2. The quantitative estimate of drug-likeness (QED) is 0.705. The first-order valence-electron chi connectivity index (χ1n) is 5.72. The van der Waals surface area contributed by atoms with Crippen molar-refractivity contribution in [2.45, 2.75) is 45.8 Å². The van der Waals surface area contributed by atoms with Gasteiger partial charge in [-0.25, -0.2) is 4.79 Å². The Balaban J connectivity index is 2.30. The summed E-state index contributed by atoms with van der Waals surface area (Å²) in [5, 5.41) is 4.62. The van der Waals surface area contributed by atoms with Gasteiger partial charge >= 0.3 is 12.0 Å². The molecule has 6 heteroatoms. The maximum Gasteiger partial charge on any atom is 0.321 e. The van der Waals surface area contributed by atoms with E-state index in [9.17, 15) is 14.4 Å². The molecular formula is C11H18N2O4. The topological polar surface area (TPSA) is 84.5 Å². The number of ether oxygens (including phenoxy) is 1. The fraction of sp³-hybridized carbons (Fsp3) is 0.727. The van der Waals surface area contributed by atoms with E-state index in [1.165, 1.54) is 6.92 Å². The van der Waals surface area contributed by atoms with Crippen LogP contribution in [-0.2, 0) is 14.3 Å². The number of hydrogen-bond acceptors (Lipinski definition) is 4. The number of carbonyl (C=O) groups excluding carboxylic acids is 3. The fourth-order valence-electron chi connectivity index (χ4n) is 1.15. The number of imide groups is 1. The number of amides is 3. The Kier molecular flexibility index (Phi) is 4.48. The zero-order chi connectivity index (χ0) is 13.0.